The minimum absolute atomic E-state index is 0.191. The molecular weight excluding hydrogens is 364 g/mol. The minimum Gasteiger partial charge on any atom is -0.444 e. The summed E-state index contributed by atoms with van der Waals surface area (Å²) in [6.07, 6.45) is 5.36. The Balaban J connectivity index is 1.51. The molecule has 6 nitrogen and oxygen atoms in total. The van der Waals surface area contributed by atoms with Gasteiger partial charge in [-0.2, -0.15) is 0 Å². The number of fused-ring (bicyclic) bond motifs is 3. The Morgan fingerprint density at radius 1 is 1.30 bits per heavy atom. The number of piperidine rings is 1. The van der Waals surface area contributed by atoms with E-state index in [-0.39, 0.29) is 24.2 Å². The van der Waals surface area contributed by atoms with Crippen molar-refractivity contribution in [2.24, 2.45) is 0 Å². The number of ether oxygens (including phenoxy) is 1. The van der Waals surface area contributed by atoms with Crippen molar-refractivity contribution in [3.63, 3.8) is 0 Å². The maximum atomic E-state index is 12.6. The molecule has 3 atom stereocenters. The Kier molecular flexibility index (Phi) is 4.62. The van der Waals surface area contributed by atoms with Crippen LogP contribution in [0, 0.1) is 0 Å². The van der Waals surface area contributed by atoms with Crippen LogP contribution in [0.15, 0.2) is 24.4 Å². The Morgan fingerprint density at radius 2 is 2.00 bits per heavy atom. The fourth-order valence-electron chi connectivity index (χ4n) is 4.26. The van der Waals surface area contributed by atoms with Crippen molar-refractivity contribution in [3.05, 3.63) is 29.5 Å². The Morgan fingerprint density at radius 3 is 2.67 bits per heavy atom. The summed E-state index contributed by atoms with van der Waals surface area (Å²) in [5.41, 5.74) is 0.358. The summed E-state index contributed by atoms with van der Waals surface area (Å²) in [4.78, 5) is 23.4. The highest BCUT2D eigenvalue weighted by Gasteiger charge is 2.45. The van der Waals surface area contributed by atoms with Gasteiger partial charge in [-0.3, -0.25) is 4.98 Å². The predicted octanol–water partition coefficient (Wildman–Crippen LogP) is 4.63. The average Bonchev–Trinajstić information content (AvgIpc) is 2.85. The average molecular weight is 389 g/mol. The zero-order chi connectivity index (χ0) is 19.2. The highest BCUT2D eigenvalue weighted by atomic mass is 35.5. The van der Waals surface area contributed by atoms with E-state index in [1.807, 2.05) is 37.8 Å². The van der Waals surface area contributed by atoms with Gasteiger partial charge in [0.15, 0.2) is 0 Å². The highest BCUT2D eigenvalue weighted by Crippen LogP contribution is 2.38. The molecule has 0 aromatic carbocycles. The first-order chi connectivity index (χ1) is 12.8. The van der Waals surface area contributed by atoms with Crippen LogP contribution in [0.2, 0.25) is 5.15 Å². The quantitative estimate of drug-likeness (QED) is 0.760. The number of halogens is 1. The van der Waals surface area contributed by atoms with Gasteiger partial charge < -0.3 is 15.0 Å². The van der Waals surface area contributed by atoms with Crippen LogP contribution >= 0.6 is 11.6 Å². The molecule has 27 heavy (non-hydrogen) atoms. The number of rotatable bonds is 2. The number of carbonyl (C=O) groups is 1. The van der Waals surface area contributed by atoms with Gasteiger partial charge >= 0.3 is 6.09 Å². The first-order valence-electron chi connectivity index (χ1n) is 9.49. The molecule has 2 aromatic rings. The van der Waals surface area contributed by atoms with Gasteiger partial charge in [0.25, 0.3) is 0 Å². The van der Waals surface area contributed by atoms with Crippen molar-refractivity contribution in [1.29, 1.82) is 0 Å². The molecule has 0 saturated carbocycles. The largest absolute Gasteiger partial charge is 0.444 e. The minimum atomic E-state index is -0.470. The van der Waals surface area contributed by atoms with E-state index in [1.54, 1.807) is 12.3 Å². The molecule has 2 saturated heterocycles. The fourth-order valence-corrected chi connectivity index (χ4v) is 4.44. The molecule has 144 valence electrons. The van der Waals surface area contributed by atoms with Crippen LogP contribution in [-0.2, 0) is 4.74 Å². The van der Waals surface area contributed by atoms with Crippen molar-refractivity contribution < 1.29 is 9.53 Å². The second-order valence-corrected chi connectivity index (χ2v) is 8.84. The van der Waals surface area contributed by atoms with Gasteiger partial charge in [-0.1, -0.05) is 11.6 Å². The van der Waals surface area contributed by atoms with E-state index < -0.39 is 5.60 Å². The predicted molar refractivity (Wildman–Crippen MR) is 106 cm³/mol. The molecule has 1 N–H and O–H groups in total. The van der Waals surface area contributed by atoms with E-state index in [0.29, 0.717) is 5.15 Å². The third kappa shape index (κ3) is 3.81. The van der Waals surface area contributed by atoms with Gasteiger partial charge in [-0.25, -0.2) is 9.78 Å². The molecule has 2 fully saturated rings. The normalized spacial score (nSPS) is 24.9. The molecule has 0 radical (unpaired) electrons. The molecule has 4 heterocycles. The number of anilines is 1. The SMILES string of the molecule is CC(C)(C)OC(=O)N1[C@@H]2CC[C@H]1CC(Nc1nc(Cl)cc3ncccc13)C2. The fraction of sp³-hybridized carbons (Fsp3) is 0.550. The van der Waals surface area contributed by atoms with E-state index >= 15 is 0 Å². The van der Waals surface area contributed by atoms with Crippen LogP contribution in [0.25, 0.3) is 10.9 Å². The third-order valence-electron chi connectivity index (χ3n) is 5.25. The second-order valence-electron chi connectivity index (χ2n) is 8.45. The van der Waals surface area contributed by atoms with E-state index in [2.05, 4.69) is 15.3 Å². The number of hydrogen-bond acceptors (Lipinski definition) is 5. The summed E-state index contributed by atoms with van der Waals surface area (Å²) in [6.45, 7) is 5.72. The summed E-state index contributed by atoms with van der Waals surface area (Å²) in [5, 5.41) is 4.95. The van der Waals surface area contributed by atoms with Gasteiger partial charge in [0, 0.05) is 35.8 Å². The zero-order valence-corrected chi connectivity index (χ0v) is 16.7. The monoisotopic (exact) mass is 388 g/mol. The molecule has 4 rings (SSSR count). The lowest BCUT2D eigenvalue weighted by Crippen LogP contribution is -2.51. The first-order valence-corrected chi connectivity index (χ1v) is 9.87. The van der Waals surface area contributed by atoms with Crippen molar-refractivity contribution in [3.8, 4) is 0 Å². The lowest BCUT2D eigenvalue weighted by molar-refractivity contribution is 0.00683. The summed E-state index contributed by atoms with van der Waals surface area (Å²) in [6, 6.07) is 6.34. The van der Waals surface area contributed by atoms with Crippen molar-refractivity contribution in [1.82, 2.24) is 14.9 Å². The molecular formula is C20H25ClN4O2. The van der Waals surface area contributed by atoms with E-state index in [1.165, 1.54) is 0 Å². The van der Waals surface area contributed by atoms with Crippen LogP contribution in [-0.4, -0.2) is 44.7 Å². The van der Waals surface area contributed by atoms with Crippen LogP contribution in [0.1, 0.15) is 46.5 Å². The summed E-state index contributed by atoms with van der Waals surface area (Å²) in [5.74, 6) is 0.765. The molecule has 0 spiro atoms. The number of pyridine rings is 2. The van der Waals surface area contributed by atoms with Crippen molar-refractivity contribution in [2.45, 2.75) is 70.2 Å². The maximum Gasteiger partial charge on any atom is 0.410 e. The standard InChI is InChI=1S/C20H25ClN4O2/c1-20(2,3)27-19(26)25-13-6-7-14(25)10-12(9-13)23-18-15-5-4-8-22-16(15)11-17(21)24-18/h4-5,8,11-14H,6-7,9-10H2,1-3H3,(H,23,24)/t12?,13-,14+. The Bertz CT molecular complexity index is 853. The topological polar surface area (TPSA) is 67.3 Å². The number of amides is 1. The second kappa shape index (κ2) is 6.82. The van der Waals surface area contributed by atoms with Crippen LogP contribution in [0.4, 0.5) is 10.6 Å². The Hall–Kier alpha value is -2.08. The maximum absolute atomic E-state index is 12.6. The molecule has 2 aromatic heterocycles. The smallest absolute Gasteiger partial charge is 0.410 e. The molecule has 1 amide bonds. The van der Waals surface area contributed by atoms with Crippen molar-refractivity contribution in [2.75, 3.05) is 5.32 Å². The Labute approximate surface area is 164 Å². The number of nitrogens with zero attached hydrogens (tertiary/aromatic N) is 3. The molecule has 0 aliphatic carbocycles. The van der Waals surface area contributed by atoms with Gasteiger partial charge in [0.1, 0.15) is 16.6 Å². The van der Waals surface area contributed by atoms with Gasteiger partial charge in [-0.05, 0) is 58.6 Å². The molecule has 2 aliphatic rings. The summed E-state index contributed by atoms with van der Waals surface area (Å²) >= 11 is 6.18. The van der Waals surface area contributed by atoms with Crippen LogP contribution in [0.3, 0.4) is 0 Å². The molecule has 7 heteroatoms. The molecule has 2 aliphatic heterocycles. The van der Waals surface area contributed by atoms with Crippen LogP contribution in [0.5, 0.6) is 0 Å². The molecule has 2 bridgehead atoms. The zero-order valence-electron chi connectivity index (χ0n) is 15.9. The van der Waals surface area contributed by atoms with E-state index in [0.717, 1.165) is 42.4 Å². The van der Waals surface area contributed by atoms with Gasteiger partial charge in [0.05, 0.1) is 5.52 Å². The van der Waals surface area contributed by atoms with Gasteiger partial charge in [0.2, 0.25) is 0 Å². The summed E-state index contributed by atoms with van der Waals surface area (Å²) in [7, 11) is 0. The number of aromatic nitrogens is 2. The first kappa shape index (κ1) is 18.3. The van der Waals surface area contributed by atoms with Gasteiger partial charge in [-0.15, -0.1) is 0 Å². The lowest BCUT2D eigenvalue weighted by Gasteiger charge is -2.39. The van der Waals surface area contributed by atoms with E-state index in [4.69, 9.17) is 16.3 Å². The number of hydrogen-bond donors (Lipinski definition) is 1. The number of nitrogens with one attached hydrogen (secondary N) is 1. The van der Waals surface area contributed by atoms with E-state index in [9.17, 15) is 4.79 Å². The third-order valence-corrected chi connectivity index (χ3v) is 5.44. The van der Waals surface area contributed by atoms with Crippen LogP contribution < -0.4 is 5.32 Å². The number of carbonyl (C=O) groups excluding carboxylic acids is 1. The molecule has 1 unspecified atom stereocenters. The van der Waals surface area contributed by atoms with Crippen molar-refractivity contribution >= 4 is 34.4 Å². The highest BCUT2D eigenvalue weighted by molar-refractivity contribution is 6.30. The lowest BCUT2D eigenvalue weighted by atomic mass is 9.97. The summed E-state index contributed by atoms with van der Waals surface area (Å²) < 4.78 is 5.61.